The van der Waals surface area contributed by atoms with Crippen LogP contribution in [0.1, 0.15) is 18.4 Å². The van der Waals surface area contributed by atoms with E-state index in [0.29, 0.717) is 6.04 Å². The molecule has 94 valence electrons. The van der Waals surface area contributed by atoms with Gasteiger partial charge in [0.1, 0.15) is 0 Å². The summed E-state index contributed by atoms with van der Waals surface area (Å²) >= 11 is 0. The van der Waals surface area contributed by atoms with E-state index in [2.05, 4.69) is 46.9 Å². The van der Waals surface area contributed by atoms with E-state index in [0.717, 1.165) is 13.0 Å². The molecule has 2 heteroatoms. The molecule has 0 bridgehead atoms. The molecule has 0 aliphatic carbocycles. The van der Waals surface area contributed by atoms with E-state index in [9.17, 15) is 0 Å². The van der Waals surface area contributed by atoms with Crippen LogP contribution in [0.4, 0.5) is 0 Å². The fraction of sp³-hybridized carbons (Fsp3) is 0.375. The number of rotatable bonds is 4. The number of likely N-dealkylation sites (tertiary alicyclic amines) is 1. The van der Waals surface area contributed by atoms with Crippen LogP contribution in [0, 0.1) is 0 Å². The summed E-state index contributed by atoms with van der Waals surface area (Å²) in [6, 6.07) is 9.25. The number of H-pyrrole nitrogens is 1. The van der Waals surface area contributed by atoms with Gasteiger partial charge in [0.15, 0.2) is 0 Å². The number of para-hydroxylation sites is 1. The van der Waals surface area contributed by atoms with Gasteiger partial charge < -0.3 is 4.98 Å². The Hall–Kier alpha value is -1.54. The molecular weight excluding hydrogens is 220 g/mol. The Balaban J connectivity index is 1.81. The molecule has 1 N–H and O–H groups in total. The molecule has 0 radical (unpaired) electrons. The van der Waals surface area contributed by atoms with E-state index >= 15 is 0 Å². The first-order valence-electron chi connectivity index (χ1n) is 6.78. The first-order valence-corrected chi connectivity index (χ1v) is 6.78. The fourth-order valence-corrected chi connectivity index (χ4v) is 3.09. The number of nitrogens with zero attached hydrogens (tertiary/aromatic N) is 1. The second kappa shape index (κ2) is 4.99. The topological polar surface area (TPSA) is 19.0 Å². The quantitative estimate of drug-likeness (QED) is 0.812. The summed E-state index contributed by atoms with van der Waals surface area (Å²) in [5, 5.41) is 1.38. The normalized spacial score (nSPS) is 20.6. The Kier molecular flexibility index (Phi) is 3.20. The summed E-state index contributed by atoms with van der Waals surface area (Å²) in [5.74, 6) is 0. The number of benzene rings is 1. The Morgan fingerprint density at radius 2 is 2.28 bits per heavy atom. The van der Waals surface area contributed by atoms with Gasteiger partial charge in [-0.1, -0.05) is 24.3 Å². The second-order valence-corrected chi connectivity index (χ2v) is 5.14. The van der Waals surface area contributed by atoms with Crippen LogP contribution in [0.15, 0.2) is 43.1 Å². The van der Waals surface area contributed by atoms with E-state index in [-0.39, 0.29) is 0 Å². The number of hydrogen-bond acceptors (Lipinski definition) is 1. The van der Waals surface area contributed by atoms with Crippen LogP contribution in [0.2, 0.25) is 0 Å². The zero-order chi connectivity index (χ0) is 12.4. The molecule has 0 saturated carbocycles. The van der Waals surface area contributed by atoms with Gasteiger partial charge in [0.25, 0.3) is 0 Å². The van der Waals surface area contributed by atoms with Gasteiger partial charge in [0, 0.05) is 29.7 Å². The number of aromatic amines is 1. The van der Waals surface area contributed by atoms with Crippen LogP contribution >= 0.6 is 0 Å². The summed E-state index contributed by atoms with van der Waals surface area (Å²) < 4.78 is 0. The second-order valence-electron chi connectivity index (χ2n) is 5.14. The van der Waals surface area contributed by atoms with Crippen LogP contribution in [0.25, 0.3) is 10.9 Å². The van der Waals surface area contributed by atoms with Crippen molar-refractivity contribution >= 4 is 10.9 Å². The summed E-state index contributed by atoms with van der Waals surface area (Å²) in [5.41, 5.74) is 2.70. The molecule has 0 spiro atoms. The highest BCUT2D eigenvalue weighted by molar-refractivity contribution is 5.83. The summed E-state index contributed by atoms with van der Waals surface area (Å²) in [4.78, 5) is 5.92. The molecule has 1 aliphatic rings. The molecule has 3 rings (SSSR count). The maximum Gasteiger partial charge on any atom is 0.0456 e. The predicted molar refractivity (Wildman–Crippen MR) is 76.8 cm³/mol. The first-order chi connectivity index (χ1) is 8.88. The summed E-state index contributed by atoms with van der Waals surface area (Å²) in [6.45, 7) is 6.10. The van der Waals surface area contributed by atoms with Crippen molar-refractivity contribution in [1.29, 1.82) is 0 Å². The summed E-state index contributed by atoms with van der Waals surface area (Å²) in [6.07, 6.45) is 7.98. The molecule has 1 aromatic heterocycles. The highest BCUT2D eigenvalue weighted by atomic mass is 15.2. The zero-order valence-electron chi connectivity index (χ0n) is 10.7. The monoisotopic (exact) mass is 240 g/mol. The molecular formula is C16H20N2. The van der Waals surface area contributed by atoms with Crippen molar-refractivity contribution in [2.24, 2.45) is 0 Å². The van der Waals surface area contributed by atoms with Crippen LogP contribution in [-0.4, -0.2) is 29.0 Å². The van der Waals surface area contributed by atoms with E-state index < -0.39 is 0 Å². The minimum atomic E-state index is 0.683. The maximum absolute atomic E-state index is 3.86. The van der Waals surface area contributed by atoms with E-state index in [1.54, 1.807) is 0 Å². The molecule has 18 heavy (non-hydrogen) atoms. The van der Waals surface area contributed by atoms with E-state index in [4.69, 9.17) is 0 Å². The van der Waals surface area contributed by atoms with Gasteiger partial charge in [-0.2, -0.15) is 0 Å². The fourth-order valence-electron chi connectivity index (χ4n) is 3.09. The number of hydrogen-bond donors (Lipinski definition) is 1. The van der Waals surface area contributed by atoms with Gasteiger partial charge in [0.05, 0.1) is 0 Å². The highest BCUT2D eigenvalue weighted by Crippen LogP contribution is 2.25. The average molecular weight is 240 g/mol. The third-order valence-electron chi connectivity index (χ3n) is 3.99. The Bertz CT molecular complexity index is 541. The zero-order valence-corrected chi connectivity index (χ0v) is 10.7. The molecule has 1 fully saturated rings. The van der Waals surface area contributed by atoms with Crippen molar-refractivity contribution in [2.45, 2.75) is 25.3 Å². The lowest BCUT2D eigenvalue weighted by molar-refractivity contribution is 0.280. The molecule has 1 saturated heterocycles. The SMILES string of the molecule is C=CCN1CCC[C@@H]1Cc1c[nH]c2ccccc12. The average Bonchev–Trinajstić information content (AvgIpc) is 2.99. The maximum atomic E-state index is 3.86. The molecule has 1 aliphatic heterocycles. The van der Waals surface area contributed by atoms with Gasteiger partial charge in [-0.25, -0.2) is 0 Å². The molecule has 1 atom stereocenters. The molecule has 0 unspecified atom stereocenters. The van der Waals surface area contributed by atoms with Crippen molar-refractivity contribution in [1.82, 2.24) is 9.88 Å². The largest absolute Gasteiger partial charge is 0.361 e. The Morgan fingerprint density at radius 1 is 1.39 bits per heavy atom. The lowest BCUT2D eigenvalue weighted by Crippen LogP contribution is -2.31. The van der Waals surface area contributed by atoms with Gasteiger partial charge in [-0.05, 0) is 37.4 Å². The van der Waals surface area contributed by atoms with Gasteiger partial charge in [0.2, 0.25) is 0 Å². The first kappa shape index (κ1) is 11.5. The van der Waals surface area contributed by atoms with Gasteiger partial charge in [-0.15, -0.1) is 6.58 Å². The minimum Gasteiger partial charge on any atom is -0.361 e. The third kappa shape index (κ3) is 2.08. The van der Waals surface area contributed by atoms with Crippen LogP contribution < -0.4 is 0 Å². The number of aromatic nitrogens is 1. The lowest BCUT2D eigenvalue weighted by Gasteiger charge is -2.22. The summed E-state index contributed by atoms with van der Waals surface area (Å²) in [7, 11) is 0. The van der Waals surface area contributed by atoms with Crippen molar-refractivity contribution in [3.05, 3.63) is 48.7 Å². The van der Waals surface area contributed by atoms with E-state index in [1.165, 1.54) is 35.9 Å². The standard InChI is InChI=1S/C16H20N2/c1-2-9-18-10-5-6-14(18)11-13-12-17-16-8-4-3-7-15(13)16/h2-4,7-8,12,14,17H,1,5-6,9-11H2/t14-/m1/s1. The van der Waals surface area contributed by atoms with Crippen LogP contribution in [0.3, 0.4) is 0 Å². The Labute approximate surface area is 108 Å². The predicted octanol–water partition coefficient (Wildman–Crippen LogP) is 3.36. The molecule has 0 amide bonds. The third-order valence-corrected chi connectivity index (χ3v) is 3.99. The number of fused-ring (bicyclic) bond motifs is 1. The van der Waals surface area contributed by atoms with Crippen molar-refractivity contribution in [3.8, 4) is 0 Å². The molecule has 1 aromatic carbocycles. The lowest BCUT2D eigenvalue weighted by atomic mass is 10.0. The minimum absolute atomic E-state index is 0.683. The smallest absolute Gasteiger partial charge is 0.0456 e. The highest BCUT2D eigenvalue weighted by Gasteiger charge is 2.24. The van der Waals surface area contributed by atoms with Crippen molar-refractivity contribution in [2.75, 3.05) is 13.1 Å². The molecule has 2 nitrogen and oxygen atoms in total. The van der Waals surface area contributed by atoms with Gasteiger partial charge in [-0.3, -0.25) is 4.90 Å². The van der Waals surface area contributed by atoms with Crippen LogP contribution in [-0.2, 0) is 6.42 Å². The van der Waals surface area contributed by atoms with Crippen molar-refractivity contribution in [3.63, 3.8) is 0 Å². The number of nitrogens with one attached hydrogen (secondary N) is 1. The van der Waals surface area contributed by atoms with Crippen LogP contribution in [0.5, 0.6) is 0 Å². The molecule has 2 heterocycles. The van der Waals surface area contributed by atoms with E-state index in [1.807, 2.05) is 6.08 Å². The van der Waals surface area contributed by atoms with Crippen molar-refractivity contribution < 1.29 is 0 Å². The Morgan fingerprint density at radius 3 is 3.17 bits per heavy atom. The van der Waals surface area contributed by atoms with Gasteiger partial charge >= 0.3 is 0 Å². The molecule has 2 aromatic rings.